The van der Waals surface area contributed by atoms with Crippen molar-refractivity contribution in [3.63, 3.8) is 0 Å². The molecule has 3 heteroatoms. The first-order valence-corrected chi connectivity index (χ1v) is 5.66. The van der Waals surface area contributed by atoms with Gasteiger partial charge in [-0.15, -0.1) is 0 Å². The molecule has 0 heterocycles. The van der Waals surface area contributed by atoms with E-state index in [0.29, 0.717) is 18.2 Å². The summed E-state index contributed by atoms with van der Waals surface area (Å²) in [5, 5.41) is 0. The molecule has 16 heavy (non-hydrogen) atoms. The summed E-state index contributed by atoms with van der Waals surface area (Å²) in [7, 11) is 1.49. The Kier molecular flexibility index (Phi) is 2.89. The number of nitrogens with two attached hydrogens (primary N) is 1. The van der Waals surface area contributed by atoms with Crippen LogP contribution < -0.4 is 10.5 Å². The Morgan fingerprint density at radius 2 is 2.19 bits per heavy atom. The van der Waals surface area contributed by atoms with Crippen molar-refractivity contribution in [2.45, 2.75) is 25.2 Å². The van der Waals surface area contributed by atoms with Gasteiger partial charge in [-0.25, -0.2) is 4.39 Å². The monoisotopic (exact) mass is 223 g/mol. The van der Waals surface area contributed by atoms with Crippen molar-refractivity contribution >= 4 is 0 Å². The number of ether oxygens (including phenoxy) is 1. The molecule has 2 N–H and O–H groups in total. The summed E-state index contributed by atoms with van der Waals surface area (Å²) >= 11 is 0. The van der Waals surface area contributed by atoms with E-state index in [-0.39, 0.29) is 11.2 Å². The molecule has 0 amide bonds. The van der Waals surface area contributed by atoms with E-state index < -0.39 is 0 Å². The molecule has 1 unspecified atom stereocenters. The van der Waals surface area contributed by atoms with Gasteiger partial charge in [0.15, 0.2) is 11.6 Å². The molecular weight excluding hydrogens is 205 g/mol. The molecule has 0 saturated heterocycles. The van der Waals surface area contributed by atoms with Crippen LogP contribution in [0.4, 0.5) is 4.39 Å². The van der Waals surface area contributed by atoms with Crippen molar-refractivity contribution < 1.29 is 9.13 Å². The van der Waals surface area contributed by atoms with Crippen LogP contribution in [-0.4, -0.2) is 13.7 Å². The van der Waals surface area contributed by atoms with Crippen LogP contribution in [-0.2, 0) is 5.41 Å². The van der Waals surface area contributed by atoms with Crippen molar-refractivity contribution in [3.05, 3.63) is 29.6 Å². The lowest BCUT2D eigenvalue weighted by Gasteiger charge is -2.29. The number of benzene rings is 1. The van der Waals surface area contributed by atoms with Crippen LogP contribution in [0.15, 0.2) is 18.2 Å². The van der Waals surface area contributed by atoms with Gasteiger partial charge in [0, 0.05) is 12.0 Å². The van der Waals surface area contributed by atoms with Gasteiger partial charge in [-0.1, -0.05) is 13.0 Å². The van der Waals surface area contributed by atoms with Gasteiger partial charge >= 0.3 is 0 Å². The zero-order valence-corrected chi connectivity index (χ0v) is 9.79. The van der Waals surface area contributed by atoms with E-state index in [1.165, 1.54) is 26.0 Å². The summed E-state index contributed by atoms with van der Waals surface area (Å²) in [4.78, 5) is 0. The Morgan fingerprint density at radius 1 is 1.50 bits per heavy atom. The highest BCUT2D eigenvalue weighted by molar-refractivity contribution is 5.36. The fourth-order valence-corrected chi connectivity index (χ4v) is 2.26. The molecule has 1 aromatic rings. The molecule has 0 radical (unpaired) electrons. The minimum absolute atomic E-state index is 0.0407. The van der Waals surface area contributed by atoms with Crippen molar-refractivity contribution in [1.29, 1.82) is 0 Å². The van der Waals surface area contributed by atoms with E-state index in [1.54, 1.807) is 6.07 Å². The van der Waals surface area contributed by atoms with Crippen LogP contribution in [0.3, 0.4) is 0 Å². The normalized spacial score (nSPS) is 19.2. The van der Waals surface area contributed by atoms with Crippen LogP contribution >= 0.6 is 0 Å². The Hall–Kier alpha value is -1.09. The Balaban J connectivity index is 2.38. The third kappa shape index (κ3) is 1.80. The molecule has 2 rings (SSSR count). The molecule has 0 aromatic heterocycles. The Morgan fingerprint density at radius 3 is 2.69 bits per heavy atom. The first-order valence-electron chi connectivity index (χ1n) is 5.66. The van der Waals surface area contributed by atoms with E-state index in [9.17, 15) is 4.39 Å². The van der Waals surface area contributed by atoms with Gasteiger partial charge in [0.2, 0.25) is 0 Å². The molecular formula is C13H18FNO. The molecule has 1 aliphatic carbocycles. The summed E-state index contributed by atoms with van der Waals surface area (Å²) < 4.78 is 18.3. The second-order valence-corrected chi connectivity index (χ2v) is 4.75. The minimum Gasteiger partial charge on any atom is -0.494 e. The molecule has 0 aliphatic heterocycles. The van der Waals surface area contributed by atoms with Crippen molar-refractivity contribution in [1.82, 2.24) is 0 Å². The number of hydrogen-bond donors (Lipinski definition) is 1. The lowest BCUT2D eigenvalue weighted by Crippen LogP contribution is -2.34. The van der Waals surface area contributed by atoms with Crippen LogP contribution in [0.25, 0.3) is 0 Å². The third-order valence-corrected chi connectivity index (χ3v) is 3.71. The van der Waals surface area contributed by atoms with Gasteiger partial charge in [-0.2, -0.15) is 0 Å². The average Bonchev–Trinajstić information content (AvgIpc) is 3.13. The second kappa shape index (κ2) is 4.06. The number of halogens is 1. The molecule has 88 valence electrons. The molecule has 1 fully saturated rings. The summed E-state index contributed by atoms with van der Waals surface area (Å²) in [6.07, 6.45) is 2.43. The predicted octanol–water partition coefficient (Wildman–Crippen LogP) is 2.46. The van der Waals surface area contributed by atoms with E-state index in [2.05, 4.69) is 6.92 Å². The van der Waals surface area contributed by atoms with Crippen molar-refractivity contribution in [2.24, 2.45) is 11.7 Å². The van der Waals surface area contributed by atoms with Gasteiger partial charge in [-0.3, -0.25) is 0 Å². The topological polar surface area (TPSA) is 35.2 Å². The highest BCUT2D eigenvalue weighted by Gasteiger charge is 2.41. The minimum atomic E-state index is -0.318. The number of hydrogen-bond acceptors (Lipinski definition) is 2. The summed E-state index contributed by atoms with van der Waals surface area (Å²) in [6, 6.07) is 5.06. The lowest BCUT2D eigenvalue weighted by atomic mass is 9.78. The summed E-state index contributed by atoms with van der Waals surface area (Å²) in [5.74, 6) is 0.618. The SMILES string of the molecule is COc1cc(C(C)(CN)C2CC2)ccc1F. The third-order valence-electron chi connectivity index (χ3n) is 3.71. The molecule has 1 atom stereocenters. The molecule has 1 aliphatic rings. The maximum absolute atomic E-state index is 13.3. The second-order valence-electron chi connectivity index (χ2n) is 4.75. The first kappa shape index (κ1) is 11.4. The predicted molar refractivity (Wildman–Crippen MR) is 62.1 cm³/mol. The van der Waals surface area contributed by atoms with Gasteiger partial charge in [0.05, 0.1) is 7.11 Å². The van der Waals surface area contributed by atoms with Crippen LogP contribution in [0, 0.1) is 11.7 Å². The first-order chi connectivity index (χ1) is 7.61. The van der Waals surface area contributed by atoms with E-state index in [1.807, 2.05) is 6.07 Å². The number of methoxy groups -OCH3 is 1. The average molecular weight is 223 g/mol. The van der Waals surface area contributed by atoms with E-state index >= 15 is 0 Å². The van der Waals surface area contributed by atoms with Crippen molar-refractivity contribution in [2.75, 3.05) is 13.7 Å². The van der Waals surface area contributed by atoms with Crippen molar-refractivity contribution in [3.8, 4) is 5.75 Å². The lowest BCUT2D eigenvalue weighted by molar-refractivity contribution is 0.378. The van der Waals surface area contributed by atoms with Crippen LogP contribution in [0.1, 0.15) is 25.3 Å². The standard InChI is InChI=1S/C13H18FNO/c1-13(8-15,9-3-4-9)10-5-6-11(14)12(7-10)16-2/h5-7,9H,3-4,8,15H2,1-2H3. The fourth-order valence-electron chi connectivity index (χ4n) is 2.26. The molecule has 0 spiro atoms. The maximum atomic E-state index is 13.3. The zero-order chi connectivity index (χ0) is 11.8. The van der Waals surface area contributed by atoms with Crippen LogP contribution in [0.5, 0.6) is 5.75 Å². The molecule has 2 nitrogen and oxygen atoms in total. The highest BCUT2D eigenvalue weighted by atomic mass is 19.1. The van der Waals surface area contributed by atoms with Gasteiger partial charge in [-0.05, 0) is 36.5 Å². The summed E-state index contributed by atoms with van der Waals surface area (Å²) in [5.41, 5.74) is 6.91. The smallest absolute Gasteiger partial charge is 0.165 e. The van der Waals surface area contributed by atoms with E-state index in [0.717, 1.165) is 5.56 Å². The van der Waals surface area contributed by atoms with Gasteiger partial charge in [0.1, 0.15) is 0 Å². The van der Waals surface area contributed by atoms with Gasteiger partial charge in [0.25, 0.3) is 0 Å². The van der Waals surface area contributed by atoms with Crippen LogP contribution in [0.2, 0.25) is 0 Å². The Bertz CT molecular complexity index is 390. The molecule has 1 aromatic carbocycles. The van der Waals surface area contributed by atoms with E-state index in [4.69, 9.17) is 10.5 Å². The molecule has 0 bridgehead atoms. The zero-order valence-electron chi connectivity index (χ0n) is 9.79. The quantitative estimate of drug-likeness (QED) is 0.851. The molecule has 1 saturated carbocycles. The summed E-state index contributed by atoms with van der Waals surface area (Å²) in [6.45, 7) is 2.74. The highest BCUT2D eigenvalue weighted by Crippen LogP contribution is 2.47. The maximum Gasteiger partial charge on any atom is 0.165 e. The largest absolute Gasteiger partial charge is 0.494 e. The fraction of sp³-hybridized carbons (Fsp3) is 0.538. The Labute approximate surface area is 95.6 Å². The van der Waals surface area contributed by atoms with Gasteiger partial charge < -0.3 is 10.5 Å². The number of rotatable bonds is 4.